The van der Waals surface area contributed by atoms with Crippen molar-refractivity contribution in [3.05, 3.63) is 30.3 Å². The van der Waals surface area contributed by atoms with Gasteiger partial charge < -0.3 is 9.80 Å². The van der Waals surface area contributed by atoms with Gasteiger partial charge in [0.25, 0.3) is 0 Å². The van der Waals surface area contributed by atoms with Gasteiger partial charge in [-0.3, -0.25) is 9.00 Å². The molecule has 1 aromatic rings. The number of rotatable bonds is 2. The van der Waals surface area contributed by atoms with Crippen LogP contribution < -0.4 is 4.90 Å². The highest BCUT2D eigenvalue weighted by molar-refractivity contribution is 7.85. The predicted molar refractivity (Wildman–Crippen MR) is 76.3 cm³/mol. The van der Waals surface area contributed by atoms with Gasteiger partial charge in [-0.15, -0.1) is 0 Å². The van der Waals surface area contributed by atoms with E-state index in [0.29, 0.717) is 24.6 Å². The second-order valence-electron chi connectivity index (χ2n) is 4.22. The van der Waals surface area contributed by atoms with E-state index in [4.69, 9.17) is 0 Å². The molecular formula is C13H20N2O2S. The Labute approximate surface area is 111 Å². The first-order valence-corrected chi connectivity index (χ1v) is 7.39. The lowest BCUT2D eigenvalue weighted by atomic mass is 10.3. The monoisotopic (exact) mass is 268 g/mol. The lowest BCUT2D eigenvalue weighted by molar-refractivity contribution is -0.117. The topological polar surface area (TPSA) is 40.6 Å². The minimum Gasteiger partial charge on any atom is -0.378 e. The first-order valence-electron chi connectivity index (χ1n) is 5.90. The minimum absolute atomic E-state index is 0.652. The highest BCUT2D eigenvalue weighted by atomic mass is 32.2. The van der Waals surface area contributed by atoms with Crippen LogP contribution >= 0.6 is 0 Å². The highest BCUT2D eigenvalue weighted by Crippen LogP contribution is 2.07. The molecule has 0 unspecified atom stereocenters. The third-order valence-corrected chi connectivity index (χ3v) is 3.91. The molecule has 1 fully saturated rings. The van der Waals surface area contributed by atoms with Crippen LogP contribution in [0, 0.1) is 0 Å². The van der Waals surface area contributed by atoms with E-state index in [0.717, 1.165) is 6.41 Å². The molecule has 0 aliphatic carbocycles. The number of carbonyl (C=O) groups excluding carboxylic acids is 1. The van der Waals surface area contributed by atoms with E-state index in [2.05, 4.69) is 17.0 Å². The van der Waals surface area contributed by atoms with Crippen LogP contribution in [0.5, 0.6) is 0 Å². The van der Waals surface area contributed by atoms with E-state index in [1.165, 1.54) is 5.69 Å². The second kappa shape index (κ2) is 7.87. The fraction of sp³-hybridized carbons (Fsp3) is 0.462. The van der Waals surface area contributed by atoms with Crippen molar-refractivity contribution in [3.8, 4) is 0 Å². The highest BCUT2D eigenvalue weighted by Gasteiger charge is 2.11. The summed E-state index contributed by atoms with van der Waals surface area (Å²) in [6, 6.07) is 10.3. The summed E-state index contributed by atoms with van der Waals surface area (Å²) in [5.74, 6) is 1.30. The van der Waals surface area contributed by atoms with Crippen molar-refractivity contribution in [1.29, 1.82) is 0 Å². The van der Waals surface area contributed by atoms with Crippen LogP contribution in [0.3, 0.4) is 0 Å². The summed E-state index contributed by atoms with van der Waals surface area (Å²) >= 11 is 0. The van der Waals surface area contributed by atoms with Crippen LogP contribution in [0.4, 0.5) is 5.69 Å². The van der Waals surface area contributed by atoms with E-state index in [-0.39, 0.29) is 0 Å². The average molecular weight is 268 g/mol. The molecule has 0 bridgehead atoms. The summed E-state index contributed by atoms with van der Waals surface area (Å²) in [6.45, 7) is 1.33. The molecule has 1 aliphatic rings. The molecule has 4 nitrogen and oxygen atoms in total. The van der Waals surface area contributed by atoms with Crippen molar-refractivity contribution in [1.82, 2.24) is 4.90 Å². The Morgan fingerprint density at radius 2 is 1.72 bits per heavy atom. The number of hydrogen-bond acceptors (Lipinski definition) is 3. The zero-order chi connectivity index (χ0) is 13.4. The largest absolute Gasteiger partial charge is 0.378 e. The van der Waals surface area contributed by atoms with Gasteiger partial charge in [0, 0.05) is 55.2 Å². The SMILES string of the molecule is CN(C)c1ccccc1.O=CN1CCS(=O)CC1. The maximum absolute atomic E-state index is 10.7. The minimum atomic E-state index is -0.663. The molecule has 0 radical (unpaired) electrons. The molecule has 0 atom stereocenters. The van der Waals surface area contributed by atoms with Gasteiger partial charge in [-0.05, 0) is 12.1 Å². The first kappa shape index (κ1) is 14.7. The molecule has 100 valence electrons. The Kier molecular flexibility index (Phi) is 6.43. The van der Waals surface area contributed by atoms with Gasteiger partial charge in [0.15, 0.2) is 0 Å². The summed E-state index contributed by atoms with van der Waals surface area (Å²) in [7, 11) is 3.41. The van der Waals surface area contributed by atoms with Gasteiger partial charge in [-0.1, -0.05) is 18.2 Å². The van der Waals surface area contributed by atoms with E-state index < -0.39 is 10.8 Å². The maximum atomic E-state index is 10.7. The van der Waals surface area contributed by atoms with Crippen molar-refractivity contribution in [2.45, 2.75) is 0 Å². The standard InChI is InChI=1S/C8H11N.C5H9NO2S/c1-9(2)8-6-4-3-5-7-8;7-5-6-1-3-9(8)4-2-6/h3-7H,1-2H3;5H,1-4H2. The molecule has 1 saturated heterocycles. The quantitative estimate of drug-likeness (QED) is 0.750. The molecule has 1 aromatic carbocycles. The molecule has 18 heavy (non-hydrogen) atoms. The summed E-state index contributed by atoms with van der Waals surface area (Å²) in [6.07, 6.45) is 0.816. The number of para-hydroxylation sites is 1. The third kappa shape index (κ3) is 5.31. The first-order chi connectivity index (χ1) is 8.63. The zero-order valence-corrected chi connectivity index (χ0v) is 11.7. The summed E-state index contributed by atoms with van der Waals surface area (Å²) in [5.41, 5.74) is 1.25. The smallest absolute Gasteiger partial charge is 0.209 e. The van der Waals surface area contributed by atoms with Crippen LogP contribution in [-0.2, 0) is 15.6 Å². The lowest BCUT2D eigenvalue weighted by Crippen LogP contribution is -2.36. The fourth-order valence-electron chi connectivity index (χ4n) is 1.48. The van der Waals surface area contributed by atoms with Crippen molar-refractivity contribution < 1.29 is 9.00 Å². The maximum Gasteiger partial charge on any atom is 0.209 e. The van der Waals surface area contributed by atoms with Crippen LogP contribution in [0.15, 0.2) is 30.3 Å². The van der Waals surface area contributed by atoms with E-state index in [1.807, 2.05) is 32.3 Å². The number of nitrogens with zero attached hydrogens (tertiary/aromatic N) is 2. The Balaban J connectivity index is 0.000000180. The molecule has 2 rings (SSSR count). The number of anilines is 1. The molecule has 1 aliphatic heterocycles. The Morgan fingerprint density at radius 1 is 1.17 bits per heavy atom. The number of benzene rings is 1. The molecule has 0 spiro atoms. The zero-order valence-electron chi connectivity index (χ0n) is 10.9. The van der Waals surface area contributed by atoms with Crippen LogP contribution in [0.25, 0.3) is 0 Å². The third-order valence-electron chi connectivity index (χ3n) is 2.63. The van der Waals surface area contributed by atoms with Gasteiger partial charge in [0.1, 0.15) is 0 Å². The molecule has 5 heteroatoms. The normalized spacial score (nSPS) is 15.6. The lowest BCUT2D eigenvalue weighted by Gasteiger charge is -2.21. The van der Waals surface area contributed by atoms with Crippen molar-refractivity contribution >= 4 is 22.9 Å². The predicted octanol–water partition coefficient (Wildman–Crippen LogP) is 0.960. The van der Waals surface area contributed by atoms with E-state index >= 15 is 0 Å². The van der Waals surface area contributed by atoms with Gasteiger partial charge in [-0.2, -0.15) is 0 Å². The number of carbonyl (C=O) groups is 1. The van der Waals surface area contributed by atoms with E-state index in [9.17, 15) is 9.00 Å². The summed E-state index contributed by atoms with van der Waals surface area (Å²) in [4.78, 5) is 13.8. The fourth-order valence-corrected chi connectivity index (χ4v) is 2.56. The second-order valence-corrected chi connectivity index (χ2v) is 5.92. The Morgan fingerprint density at radius 3 is 2.11 bits per heavy atom. The number of amides is 1. The molecule has 0 aromatic heterocycles. The molecule has 0 N–H and O–H groups in total. The van der Waals surface area contributed by atoms with Crippen molar-refractivity contribution in [2.24, 2.45) is 0 Å². The number of hydrogen-bond donors (Lipinski definition) is 0. The Hall–Kier alpha value is -1.36. The van der Waals surface area contributed by atoms with Crippen molar-refractivity contribution in [2.75, 3.05) is 43.6 Å². The molecule has 1 heterocycles. The van der Waals surface area contributed by atoms with Gasteiger partial charge >= 0.3 is 0 Å². The molecule has 1 amide bonds. The van der Waals surface area contributed by atoms with E-state index in [1.54, 1.807) is 4.90 Å². The molecule has 0 saturated carbocycles. The van der Waals surface area contributed by atoms with Crippen LogP contribution in [0.2, 0.25) is 0 Å². The van der Waals surface area contributed by atoms with Gasteiger partial charge in [-0.25, -0.2) is 0 Å². The van der Waals surface area contributed by atoms with Crippen LogP contribution in [-0.4, -0.2) is 54.2 Å². The summed E-state index contributed by atoms with van der Waals surface area (Å²) < 4.78 is 10.7. The van der Waals surface area contributed by atoms with Crippen molar-refractivity contribution in [3.63, 3.8) is 0 Å². The van der Waals surface area contributed by atoms with Gasteiger partial charge in [0.2, 0.25) is 6.41 Å². The average Bonchev–Trinajstić information content (AvgIpc) is 2.41. The molecular weight excluding hydrogens is 248 g/mol. The Bertz CT molecular complexity index is 372. The van der Waals surface area contributed by atoms with Gasteiger partial charge in [0.05, 0.1) is 0 Å². The van der Waals surface area contributed by atoms with Crippen LogP contribution in [0.1, 0.15) is 0 Å². The summed E-state index contributed by atoms with van der Waals surface area (Å²) in [5, 5.41) is 0.